The summed E-state index contributed by atoms with van der Waals surface area (Å²) in [6, 6.07) is 0.595. The monoisotopic (exact) mass is 185 g/mol. The van der Waals surface area contributed by atoms with Crippen molar-refractivity contribution in [1.82, 2.24) is 14.7 Å². The number of carbonyl (C=O) groups excluding carboxylic acids is 1. The molecule has 0 radical (unpaired) electrons. The summed E-state index contributed by atoms with van der Waals surface area (Å²) in [4.78, 5) is 17.4. The molecule has 0 bridgehead atoms. The Kier molecular flexibility index (Phi) is 3.14. The highest BCUT2D eigenvalue weighted by Gasteiger charge is 2.24. The normalized spacial score (nSPS) is 24.6. The predicted molar refractivity (Wildman–Crippen MR) is 52.7 cm³/mol. The van der Waals surface area contributed by atoms with Crippen LogP contribution >= 0.6 is 0 Å². The van der Waals surface area contributed by atoms with E-state index in [2.05, 4.69) is 18.9 Å². The van der Waals surface area contributed by atoms with Gasteiger partial charge in [0.15, 0.2) is 0 Å². The highest BCUT2D eigenvalue weighted by atomic mass is 16.2. The molecular weight excluding hydrogens is 166 g/mol. The van der Waals surface area contributed by atoms with Crippen LogP contribution in [-0.2, 0) is 0 Å². The number of amides is 2. The lowest BCUT2D eigenvalue weighted by Crippen LogP contribution is -2.54. The summed E-state index contributed by atoms with van der Waals surface area (Å²) in [5.74, 6) is 0. The van der Waals surface area contributed by atoms with E-state index in [1.54, 1.807) is 19.0 Å². The summed E-state index contributed by atoms with van der Waals surface area (Å²) < 4.78 is 0. The Morgan fingerprint density at radius 3 is 2.46 bits per heavy atom. The molecule has 1 heterocycles. The lowest BCUT2D eigenvalue weighted by atomic mass is 10.2. The number of nitrogens with zero attached hydrogens (tertiary/aromatic N) is 3. The van der Waals surface area contributed by atoms with Crippen LogP contribution in [0.1, 0.15) is 6.92 Å². The first-order chi connectivity index (χ1) is 6.02. The van der Waals surface area contributed by atoms with Gasteiger partial charge < -0.3 is 14.7 Å². The molecule has 1 rings (SSSR count). The lowest BCUT2D eigenvalue weighted by Gasteiger charge is -2.38. The minimum atomic E-state index is 0.125. The van der Waals surface area contributed by atoms with Crippen LogP contribution in [0.3, 0.4) is 0 Å². The first-order valence-electron chi connectivity index (χ1n) is 4.69. The first kappa shape index (κ1) is 10.3. The maximum Gasteiger partial charge on any atom is 0.319 e. The molecule has 4 nitrogen and oxygen atoms in total. The van der Waals surface area contributed by atoms with Gasteiger partial charge in [0.2, 0.25) is 0 Å². The number of hydrogen-bond donors (Lipinski definition) is 0. The van der Waals surface area contributed by atoms with E-state index >= 15 is 0 Å². The molecule has 4 heteroatoms. The van der Waals surface area contributed by atoms with E-state index in [1.165, 1.54) is 0 Å². The van der Waals surface area contributed by atoms with Crippen molar-refractivity contribution >= 4 is 6.03 Å². The summed E-state index contributed by atoms with van der Waals surface area (Å²) in [7, 11) is 5.69. The van der Waals surface area contributed by atoms with Crippen molar-refractivity contribution in [3.05, 3.63) is 0 Å². The largest absolute Gasteiger partial charge is 0.331 e. The van der Waals surface area contributed by atoms with Crippen LogP contribution in [0.2, 0.25) is 0 Å². The number of hydrogen-bond acceptors (Lipinski definition) is 2. The van der Waals surface area contributed by atoms with Gasteiger partial charge in [-0.1, -0.05) is 0 Å². The molecule has 0 aliphatic carbocycles. The van der Waals surface area contributed by atoms with Gasteiger partial charge in [0.25, 0.3) is 0 Å². The Morgan fingerprint density at radius 1 is 1.38 bits per heavy atom. The minimum Gasteiger partial charge on any atom is -0.331 e. The van der Waals surface area contributed by atoms with Crippen LogP contribution in [-0.4, -0.2) is 67.5 Å². The molecule has 0 aromatic rings. The first-order valence-corrected chi connectivity index (χ1v) is 4.69. The molecule has 76 valence electrons. The summed E-state index contributed by atoms with van der Waals surface area (Å²) in [5.41, 5.74) is 0. The molecule has 1 atom stereocenters. The molecule has 0 aromatic carbocycles. The van der Waals surface area contributed by atoms with Gasteiger partial charge in [-0.15, -0.1) is 0 Å². The highest BCUT2D eigenvalue weighted by Crippen LogP contribution is 2.08. The van der Waals surface area contributed by atoms with Gasteiger partial charge in [0.1, 0.15) is 0 Å². The van der Waals surface area contributed by atoms with E-state index < -0.39 is 0 Å². The quantitative estimate of drug-likeness (QED) is 0.543. The zero-order valence-electron chi connectivity index (χ0n) is 8.95. The molecule has 1 aliphatic rings. The average Bonchev–Trinajstić information content (AvgIpc) is 2.08. The summed E-state index contributed by atoms with van der Waals surface area (Å²) in [5, 5.41) is 0. The summed E-state index contributed by atoms with van der Waals surface area (Å²) >= 11 is 0. The van der Waals surface area contributed by atoms with Crippen molar-refractivity contribution in [2.75, 3.05) is 40.8 Å². The van der Waals surface area contributed by atoms with Crippen molar-refractivity contribution in [2.24, 2.45) is 0 Å². The van der Waals surface area contributed by atoms with E-state index in [9.17, 15) is 4.79 Å². The van der Waals surface area contributed by atoms with Gasteiger partial charge in [-0.25, -0.2) is 4.79 Å². The zero-order valence-corrected chi connectivity index (χ0v) is 8.95. The summed E-state index contributed by atoms with van der Waals surface area (Å²) in [6.07, 6.45) is 0. The highest BCUT2D eigenvalue weighted by molar-refractivity contribution is 5.73. The smallest absolute Gasteiger partial charge is 0.319 e. The third-order valence-electron chi connectivity index (χ3n) is 2.61. The number of rotatable bonds is 0. The Morgan fingerprint density at radius 2 is 2.00 bits per heavy atom. The van der Waals surface area contributed by atoms with Crippen molar-refractivity contribution in [3.8, 4) is 0 Å². The van der Waals surface area contributed by atoms with Crippen molar-refractivity contribution in [2.45, 2.75) is 13.0 Å². The molecule has 0 saturated carbocycles. The summed E-state index contributed by atoms with van der Waals surface area (Å²) in [6.45, 7) is 4.81. The van der Waals surface area contributed by atoms with Gasteiger partial charge in [0.05, 0.1) is 0 Å². The van der Waals surface area contributed by atoms with Crippen molar-refractivity contribution in [1.29, 1.82) is 0 Å². The van der Waals surface area contributed by atoms with E-state index in [0.717, 1.165) is 19.6 Å². The Labute approximate surface area is 80.1 Å². The molecule has 0 aromatic heterocycles. The second-order valence-electron chi connectivity index (χ2n) is 3.95. The van der Waals surface area contributed by atoms with Crippen LogP contribution < -0.4 is 0 Å². The zero-order chi connectivity index (χ0) is 10.0. The fourth-order valence-electron chi connectivity index (χ4n) is 1.51. The van der Waals surface area contributed by atoms with E-state index in [0.29, 0.717) is 6.04 Å². The Balaban J connectivity index is 2.50. The topological polar surface area (TPSA) is 26.8 Å². The van der Waals surface area contributed by atoms with E-state index in [4.69, 9.17) is 0 Å². The molecule has 2 amide bonds. The number of carbonyl (C=O) groups is 1. The molecular formula is C9H19N3O. The van der Waals surface area contributed by atoms with Gasteiger partial charge in [-0.2, -0.15) is 0 Å². The molecule has 1 fully saturated rings. The maximum atomic E-state index is 11.6. The molecule has 1 unspecified atom stereocenters. The van der Waals surface area contributed by atoms with Crippen LogP contribution in [0.4, 0.5) is 4.79 Å². The third-order valence-corrected chi connectivity index (χ3v) is 2.61. The van der Waals surface area contributed by atoms with Gasteiger partial charge in [-0.3, -0.25) is 0 Å². The predicted octanol–water partition coefficient (Wildman–Crippen LogP) is 0.304. The second kappa shape index (κ2) is 3.96. The van der Waals surface area contributed by atoms with Gasteiger partial charge >= 0.3 is 6.03 Å². The van der Waals surface area contributed by atoms with Crippen LogP contribution in [0, 0.1) is 0 Å². The van der Waals surface area contributed by atoms with Crippen LogP contribution in [0.5, 0.6) is 0 Å². The molecule has 0 spiro atoms. The third kappa shape index (κ3) is 2.34. The van der Waals surface area contributed by atoms with E-state index in [1.807, 2.05) is 4.90 Å². The molecule has 13 heavy (non-hydrogen) atoms. The number of piperazine rings is 1. The standard InChI is InChI=1S/C9H19N3O/c1-8-7-12(6-5-11(8)4)9(13)10(2)3/h8H,5-7H2,1-4H3. The minimum absolute atomic E-state index is 0.125. The van der Waals surface area contributed by atoms with E-state index in [-0.39, 0.29) is 6.03 Å². The fraction of sp³-hybridized carbons (Fsp3) is 0.889. The maximum absolute atomic E-state index is 11.6. The second-order valence-corrected chi connectivity index (χ2v) is 3.95. The molecule has 1 saturated heterocycles. The molecule has 1 aliphatic heterocycles. The SMILES string of the molecule is CC1CN(C(=O)N(C)C)CCN1C. The Bertz CT molecular complexity index is 193. The number of urea groups is 1. The average molecular weight is 185 g/mol. The van der Waals surface area contributed by atoms with Crippen LogP contribution in [0.15, 0.2) is 0 Å². The van der Waals surface area contributed by atoms with Crippen molar-refractivity contribution in [3.63, 3.8) is 0 Å². The van der Waals surface area contributed by atoms with Gasteiger partial charge in [0, 0.05) is 39.8 Å². The number of likely N-dealkylation sites (N-methyl/N-ethyl adjacent to an activating group) is 1. The van der Waals surface area contributed by atoms with Crippen molar-refractivity contribution < 1.29 is 4.79 Å². The van der Waals surface area contributed by atoms with Gasteiger partial charge in [-0.05, 0) is 14.0 Å². The van der Waals surface area contributed by atoms with Crippen LogP contribution in [0.25, 0.3) is 0 Å². The Hall–Kier alpha value is -0.770. The lowest BCUT2D eigenvalue weighted by molar-refractivity contribution is 0.105. The fourth-order valence-corrected chi connectivity index (χ4v) is 1.51. The molecule has 0 N–H and O–H groups in total.